The molecule has 2 aliphatic rings. The van der Waals surface area contributed by atoms with E-state index in [4.69, 9.17) is 12.2 Å². The second-order valence-electron chi connectivity index (χ2n) is 9.85. The number of likely N-dealkylation sites (tertiary alicyclic amines) is 1. The molecule has 4 rings (SSSR count). The van der Waals surface area contributed by atoms with Gasteiger partial charge in [-0.2, -0.15) is 5.10 Å². The van der Waals surface area contributed by atoms with E-state index in [0.717, 1.165) is 49.3 Å². The van der Waals surface area contributed by atoms with Crippen LogP contribution in [0.3, 0.4) is 0 Å². The normalized spacial score (nSPS) is 23.7. The highest BCUT2D eigenvalue weighted by Crippen LogP contribution is 2.33. The van der Waals surface area contributed by atoms with Crippen molar-refractivity contribution in [3.05, 3.63) is 64.7 Å². The van der Waals surface area contributed by atoms with Crippen LogP contribution in [0.15, 0.2) is 47.6 Å². The molecule has 0 saturated carbocycles. The maximum atomic E-state index is 13.5. The van der Waals surface area contributed by atoms with Gasteiger partial charge in [-0.25, -0.2) is 0 Å². The van der Waals surface area contributed by atoms with Gasteiger partial charge < -0.3 is 10.2 Å². The van der Waals surface area contributed by atoms with E-state index in [-0.39, 0.29) is 11.7 Å². The lowest BCUT2D eigenvalue weighted by molar-refractivity contribution is -0.114. The largest absolute Gasteiger partial charge is 0.331 e. The zero-order valence-electron chi connectivity index (χ0n) is 20.7. The minimum absolute atomic E-state index is 0.0746. The van der Waals surface area contributed by atoms with Gasteiger partial charge in [-0.05, 0) is 60.0 Å². The van der Waals surface area contributed by atoms with Crippen LogP contribution in [0.2, 0.25) is 0 Å². The predicted octanol–water partition coefficient (Wildman–Crippen LogP) is 5.15. The molecule has 0 radical (unpaired) electrons. The number of anilines is 1. The van der Waals surface area contributed by atoms with Crippen LogP contribution in [0.25, 0.3) is 0 Å². The highest BCUT2D eigenvalue weighted by molar-refractivity contribution is 7.80. The van der Waals surface area contributed by atoms with Crippen LogP contribution in [-0.4, -0.2) is 41.1 Å². The minimum Gasteiger partial charge on any atom is -0.331 e. The van der Waals surface area contributed by atoms with Crippen LogP contribution >= 0.6 is 12.2 Å². The standard InChI is InChI=1S/C28H36N4OS/c1-5-20-10-9-11-21(6-2)25(20)29-28(34)31-30-26-23-13-8-7-12-22(23)24(27(26)33)17-32-15-18(3)14-19(4)16-32/h7-13,18-19,24H,5-6,14-17H2,1-4H3,(H2,29,31,34). The SMILES string of the molecule is CCc1cccc(CC)c1NC(=S)NN=C1C(=O)C(CN2CC(C)CC(C)C2)c2ccccc21. The highest BCUT2D eigenvalue weighted by Gasteiger charge is 2.38. The number of hydrogen-bond donors (Lipinski definition) is 2. The molecule has 1 aliphatic heterocycles. The topological polar surface area (TPSA) is 56.7 Å². The average Bonchev–Trinajstić information content (AvgIpc) is 3.08. The molecule has 1 saturated heterocycles. The third-order valence-electron chi connectivity index (χ3n) is 7.03. The fourth-order valence-electron chi connectivity index (χ4n) is 5.60. The number of hydrazone groups is 1. The summed E-state index contributed by atoms with van der Waals surface area (Å²) in [5, 5.41) is 8.24. The Kier molecular flexibility index (Phi) is 7.79. The Morgan fingerprint density at radius 3 is 2.32 bits per heavy atom. The van der Waals surface area contributed by atoms with Crippen LogP contribution in [0.4, 0.5) is 5.69 Å². The van der Waals surface area contributed by atoms with Gasteiger partial charge >= 0.3 is 0 Å². The summed E-state index contributed by atoms with van der Waals surface area (Å²) in [6.45, 7) is 11.7. The summed E-state index contributed by atoms with van der Waals surface area (Å²) in [6.07, 6.45) is 3.08. The number of rotatable bonds is 6. The van der Waals surface area contributed by atoms with E-state index in [1.807, 2.05) is 18.2 Å². The Balaban J connectivity index is 1.51. The summed E-state index contributed by atoms with van der Waals surface area (Å²) in [7, 11) is 0. The molecule has 2 N–H and O–H groups in total. The third-order valence-corrected chi connectivity index (χ3v) is 7.23. The van der Waals surface area contributed by atoms with E-state index < -0.39 is 0 Å². The van der Waals surface area contributed by atoms with Crippen LogP contribution < -0.4 is 10.7 Å². The molecular formula is C28H36N4OS. The molecule has 1 aliphatic carbocycles. The molecule has 0 aromatic heterocycles. The Bertz CT molecular complexity index is 1060. The molecule has 3 atom stereocenters. The number of piperidine rings is 1. The van der Waals surface area contributed by atoms with Crippen molar-refractivity contribution in [2.75, 3.05) is 25.0 Å². The molecule has 2 aromatic carbocycles. The number of nitrogens with zero attached hydrogens (tertiary/aromatic N) is 2. The Labute approximate surface area is 209 Å². The minimum atomic E-state index is -0.178. The maximum absolute atomic E-state index is 13.5. The van der Waals surface area contributed by atoms with E-state index in [1.54, 1.807) is 0 Å². The number of carbonyl (C=O) groups is 1. The molecule has 180 valence electrons. The number of carbonyl (C=O) groups excluding carboxylic acids is 1. The van der Waals surface area contributed by atoms with Crippen LogP contribution in [-0.2, 0) is 17.6 Å². The van der Waals surface area contributed by atoms with Gasteiger partial charge in [0, 0.05) is 30.9 Å². The number of aryl methyl sites for hydroxylation is 2. The Morgan fingerprint density at radius 2 is 1.68 bits per heavy atom. The zero-order chi connectivity index (χ0) is 24.2. The first-order chi connectivity index (χ1) is 16.4. The second-order valence-corrected chi connectivity index (χ2v) is 10.3. The smallest absolute Gasteiger partial charge is 0.192 e. The zero-order valence-corrected chi connectivity index (χ0v) is 21.5. The van der Waals surface area contributed by atoms with E-state index in [0.29, 0.717) is 22.7 Å². The van der Waals surface area contributed by atoms with Crippen molar-refractivity contribution in [1.82, 2.24) is 10.3 Å². The quantitative estimate of drug-likeness (QED) is 0.446. The first-order valence-electron chi connectivity index (χ1n) is 12.5. The van der Waals surface area contributed by atoms with Gasteiger partial charge in [0.05, 0.1) is 5.92 Å². The van der Waals surface area contributed by atoms with Gasteiger partial charge in [-0.1, -0.05) is 70.2 Å². The van der Waals surface area contributed by atoms with Crippen LogP contribution in [0, 0.1) is 11.8 Å². The lowest BCUT2D eigenvalue weighted by atomic mass is 9.90. The van der Waals surface area contributed by atoms with Gasteiger partial charge in [-0.3, -0.25) is 10.2 Å². The summed E-state index contributed by atoms with van der Waals surface area (Å²) in [4.78, 5) is 16.0. The van der Waals surface area contributed by atoms with Gasteiger partial charge in [0.25, 0.3) is 0 Å². The number of hydrogen-bond acceptors (Lipinski definition) is 4. The fraction of sp³-hybridized carbons (Fsp3) is 0.464. The van der Waals surface area contributed by atoms with Gasteiger partial charge in [0.15, 0.2) is 10.9 Å². The van der Waals surface area contributed by atoms with Crippen molar-refractivity contribution in [2.24, 2.45) is 16.9 Å². The lowest BCUT2D eigenvalue weighted by Gasteiger charge is -2.36. The van der Waals surface area contributed by atoms with Crippen molar-refractivity contribution in [3.63, 3.8) is 0 Å². The Morgan fingerprint density at radius 1 is 1.03 bits per heavy atom. The Hall–Kier alpha value is -2.57. The van der Waals surface area contributed by atoms with E-state index in [1.165, 1.54) is 17.5 Å². The molecule has 3 unspecified atom stereocenters. The number of thiocarbonyl (C=S) groups is 1. The molecule has 0 bridgehead atoms. The van der Waals surface area contributed by atoms with Crippen LogP contribution in [0.1, 0.15) is 62.3 Å². The maximum Gasteiger partial charge on any atom is 0.192 e. The third kappa shape index (κ3) is 5.23. The summed E-state index contributed by atoms with van der Waals surface area (Å²) in [6, 6.07) is 14.3. The molecule has 5 nitrogen and oxygen atoms in total. The molecule has 0 amide bonds. The molecule has 0 spiro atoms. The summed E-state index contributed by atoms with van der Waals surface area (Å²) >= 11 is 5.56. The van der Waals surface area contributed by atoms with Gasteiger partial charge in [0.2, 0.25) is 0 Å². The summed E-state index contributed by atoms with van der Waals surface area (Å²) in [5.41, 5.74) is 8.88. The van der Waals surface area contributed by atoms with Gasteiger partial charge in [0.1, 0.15) is 5.71 Å². The number of benzene rings is 2. The van der Waals surface area contributed by atoms with Crippen molar-refractivity contribution >= 4 is 34.5 Å². The van der Waals surface area contributed by atoms with Gasteiger partial charge in [-0.15, -0.1) is 0 Å². The fourth-order valence-corrected chi connectivity index (χ4v) is 5.75. The number of para-hydroxylation sites is 1. The number of Topliss-reactive ketones (excluding diaryl/α,β-unsaturated/α-hetero) is 1. The van der Waals surface area contributed by atoms with Crippen molar-refractivity contribution in [3.8, 4) is 0 Å². The summed E-state index contributed by atoms with van der Waals surface area (Å²) in [5.74, 6) is 1.22. The van der Waals surface area contributed by atoms with E-state index in [2.05, 4.69) is 72.7 Å². The van der Waals surface area contributed by atoms with Crippen LogP contribution in [0.5, 0.6) is 0 Å². The monoisotopic (exact) mass is 476 g/mol. The molecule has 2 aromatic rings. The predicted molar refractivity (Wildman–Crippen MR) is 145 cm³/mol. The number of ketones is 1. The molecule has 1 fully saturated rings. The second kappa shape index (κ2) is 10.8. The first-order valence-corrected chi connectivity index (χ1v) is 12.9. The van der Waals surface area contributed by atoms with Crippen molar-refractivity contribution in [1.29, 1.82) is 0 Å². The molecular weight excluding hydrogens is 440 g/mol. The molecule has 34 heavy (non-hydrogen) atoms. The van der Waals surface area contributed by atoms with E-state index >= 15 is 0 Å². The average molecular weight is 477 g/mol. The highest BCUT2D eigenvalue weighted by atomic mass is 32.1. The number of fused-ring (bicyclic) bond motifs is 1. The first kappa shape index (κ1) is 24.6. The van der Waals surface area contributed by atoms with Crippen molar-refractivity contribution < 1.29 is 4.79 Å². The lowest BCUT2D eigenvalue weighted by Crippen LogP contribution is -2.41. The summed E-state index contributed by atoms with van der Waals surface area (Å²) < 4.78 is 0. The molecule has 1 heterocycles. The number of nitrogens with one attached hydrogen (secondary N) is 2. The molecule has 6 heteroatoms. The van der Waals surface area contributed by atoms with Crippen molar-refractivity contribution in [2.45, 2.75) is 52.9 Å². The van der Waals surface area contributed by atoms with E-state index in [9.17, 15) is 4.79 Å².